The predicted molar refractivity (Wildman–Crippen MR) is 80.3 cm³/mol. The maximum atomic E-state index is 11.8. The fourth-order valence-electron chi connectivity index (χ4n) is 2.02. The summed E-state index contributed by atoms with van der Waals surface area (Å²) in [5.74, 6) is 0. The van der Waals surface area contributed by atoms with Crippen LogP contribution in [-0.2, 0) is 43.9 Å². The van der Waals surface area contributed by atoms with E-state index in [4.69, 9.17) is 4.74 Å². The first-order chi connectivity index (χ1) is 10.1. The average molecular weight is 373 g/mol. The molecule has 0 aliphatic carbocycles. The Bertz CT molecular complexity index is 590. The van der Waals surface area contributed by atoms with Crippen LogP contribution in [0.2, 0.25) is 0 Å². The van der Waals surface area contributed by atoms with Gasteiger partial charge in [0.1, 0.15) is 0 Å². The molecular formula is C17H20N2O2Y. The topological polar surface area (TPSA) is 42.2 Å². The molecule has 0 aliphatic heterocycles. The van der Waals surface area contributed by atoms with Crippen LogP contribution in [0.1, 0.15) is 18.2 Å². The Morgan fingerprint density at radius 2 is 1.91 bits per heavy atom. The SMILES string of the molecule is Cc1cccc[n+]1[CH-]OC(=O)N[C@@H](C)Cc1ccccc1.[Y]. The molecule has 5 heteroatoms. The molecule has 2 aromatic rings. The Morgan fingerprint density at radius 3 is 2.59 bits per heavy atom. The number of nitrogens with zero attached hydrogens (tertiary/aromatic N) is 1. The normalized spacial score (nSPS) is 11.0. The van der Waals surface area contributed by atoms with Gasteiger partial charge in [0, 0.05) is 38.8 Å². The number of aromatic nitrogens is 1. The monoisotopic (exact) mass is 373 g/mol. The number of carbonyl (C=O) groups is 1. The third-order valence-electron chi connectivity index (χ3n) is 3.12. The molecule has 1 heterocycles. The van der Waals surface area contributed by atoms with Crippen molar-refractivity contribution in [2.24, 2.45) is 0 Å². The van der Waals surface area contributed by atoms with Crippen LogP contribution in [0.25, 0.3) is 0 Å². The molecule has 4 nitrogen and oxygen atoms in total. The van der Waals surface area contributed by atoms with Gasteiger partial charge in [-0.15, -0.1) is 0 Å². The number of hydrogen-bond acceptors (Lipinski definition) is 2. The van der Waals surface area contributed by atoms with Crippen LogP contribution < -0.4 is 9.88 Å². The van der Waals surface area contributed by atoms with Crippen molar-refractivity contribution in [3.63, 3.8) is 0 Å². The number of nitrogens with one attached hydrogen (secondary N) is 1. The quantitative estimate of drug-likeness (QED) is 0.647. The zero-order valence-electron chi connectivity index (χ0n) is 12.9. The number of ether oxygens (including phenoxy) is 1. The summed E-state index contributed by atoms with van der Waals surface area (Å²) < 4.78 is 6.86. The van der Waals surface area contributed by atoms with Gasteiger partial charge in [-0.05, 0) is 25.8 Å². The molecule has 22 heavy (non-hydrogen) atoms. The summed E-state index contributed by atoms with van der Waals surface area (Å²) in [7, 11) is 0. The molecule has 0 bridgehead atoms. The molecule has 1 atom stereocenters. The number of pyridine rings is 1. The second-order valence-corrected chi connectivity index (χ2v) is 5.00. The van der Waals surface area contributed by atoms with Gasteiger partial charge in [0.25, 0.3) is 0 Å². The van der Waals surface area contributed by atoms with E-state index in [1.54, 1.807) is 4.57 Å². The number of rotatable bonds is 5. The van der Waals surface area contributed by atoms with Gasteiger partial charge in [0.15, 0.2) is 0 Å². The van der Waals surface area contributed by atoms with Gasteiger partial charge < -0.3 is 10.1 Å². The molecule has 0 saturated carbocycles. The van der Waals surface area contributed by atoms with Crippen LogP contribution >= 0.6 is 0 Å². The molecule has 1 radical (unpaired) electrons. The summed E-state index contributed by atoms with van der Waals surface area (Å²) in [6, 6.07) is 15.8. The summed E-state index contributed by atoms with van der Waals surface area (Å²) >= 11 is 0. The van der Waals surface area contributed by atoms with E-state index in [1.807, 2.05) is 68.6 Å². The summed E-state index contributed by atoms with van der Waals surface area (Å²) in [5, 5.41) is 2.81. The summed E-state index contributed by atoms with van der Waals surface area (Å²) in [6.45, 7) is 5.30. The Morgan fingerprint density at radius 1 is 1.23 bits per heavy atom. The van der Waals surface area contributed by atoms with Crippen LogP contribution in [0.4, 0.5) is 4.79 Å². The first-order valence-corrected chi connectivity index (χ1v) is 6.96. The maximum absolute atomic E-state index is 11.8. The number of alkyl carbamates (subject to hydrolysis) is 1. The Kier molecular flexibility index (Phi) is 8.14. The van der Waals surface area contributed by atoms with Crippen molar-refractivity contribution in [3.8, 4) is 0 Å². The van der Waals surface area contributed by atoms with Crippen molar-refractivity contribution < 1.29 is 46.8 Å². The average Bonchev–Trinajstić information content (AvgIpc) is 2.47. The van der Waals surface area contributed by atoms with E-state index in [2.05, 4.69) is 5.32 Å². The van der Waals surface area contributed by atoms with Crippen LogP contribution in [0.3, 0.4) is 0 Å². The van der Waals surface area contributed by atoms with Crippen molar-refractivity contribution in [1.29, 1.82) is 0 Å². The third-order valence-corrected chi connectivity index (χ3v) is 3.12. The first kappa shape index (κ1) is 18.7. The van der Waals surface area contributed by atoms with Gasteiger partial charge >= 0.3 is 6.09 Å². The molecule has 1 amide bonds. The number of aryl methyl sites for hydroxylation is 1. The van der Waals surface area contributed by atoms with Gasteiger partial charge in [-0.2, -0.15) is 0 Å². The number of benzene rings is 1. The van der Waals surface area contributed by atoms with Crippen molar-refractivity contribution in [3.05, 3.63) is 72.7 Å². The molecule has 1 aromatic heterocycles. The molecule has 0 unspecified atom stereocenters. The molecule has 2 rings (SSSR count). The third kappa shape index (κ3) is 6.16. The fourth-order valence-corrected chi connectivity index (χ4v) is 2.02. The molecule has 0 fully saturated rings. The second kappa shape index (κ2) is 9.59. The molecule has 1 aromatic carbocycles. The van der Waals surface area contributed by atoms with Crippen molar-refractivity contribution in [1.82, 2.24) is 5.32 Å². The molecule has 0 aliphatic rings. The first-order valence-electron chi connectivity index (χ1n) is 6.96. The van der Waals surface area contributed by atoms with E-state index in [1.165, 1.54) is 12.3 Å². The van der Waals surface area contributed by atoms with E-state index in [0.29, 0.717) is 0 Å². The largest absolute Gasteiger partial charge is 0.423 e. The van der Waals surface area contributed by atoms with Crippen molar-refractivity contribution in [2.45, 2.75) is 26.3 Å². The number of hydrogen-bond donors (Lipinski definition) is 1. The van der Waals surface area contributed by atoms with Crippen LogP contribution in [-0.4, -0.2) is 12.1 Å². The van der Waals surface area contributed by atoms with Gasteiger partial charge in [-0.1, -0.05) is 48.5 Å². The smallest absolute Gasteiger partial charge is 0.404 e. The Balaban J connectivity index is 0.00000242. The van der Waals surface area contributed by atoms with Crippen LogP contribution in [0.5, 0.6) is 0 Å². The molecule has 1 N–H and O–H groups in total. The van der Waals surface area contributed by atoms with E-state index < -0.39 is 6.09 Å². The predicted octanol–water partition coefficient (Wildman–Crippen LogP) is 2.60. The van der Waals surface area contributed by atoms with E-state index >= 15 is 0 Å². The van der Waals surface area contributed by atoms with Crippen LogP contribution in [0.15, 0.2) is 54.7 Å². The Hall–Kier alpha value is -1.39. The minimum absolute atomic E-state index is 0. The fraction of sp³-hybridized carbons (Fsp3) is 0.235. The molecule has 0 spiro atoms. The minimum Gasteiger partial charge on any atom is -0.423 e. The number of amides is 1. The van der Waals surface area contributed by atoms with Crippen molar-refractivity contribution >= 4 is 6.09 Å². The van der Waals surface area contributed by atoms with Crippen molar-refractivity contribution in [2.75, 3.05) is 0 Å². The molecular weight excluding hydrogens is 353 g/mol. The minimum atomic E-state index is -0.450. The zero-order chi connectivity index (χ0) is 15.1. The van der Waals surface area contributed by atoms with E-state index in [0.717, 1.165) is 12.1 Å². The molecule has 113 valence electrons. The summed E-state index contributed by atoms with van der Waals surface area (Å²) in [6.07, 6.45) is 2.15. The number of carbonyl (C=O) groups excluding carboxylic acids is 1. The second-order valence-electron chi connectivity index (χ2n) is 5.00. The van der Waals surface area contributed by atoms with Gasteiger partial charge in [0.2, 0.25) is 6.73 Å². The zero-order valence-corrected chi connectivity index (χ0v) is 15.7. The van der Waals surface area contributed by atoms with Gasteiger partial charge in [-0.25, -0.2) is 4.79 Å². The van der Waals surface area contributed by atoms with E-state index in [9.17, 15) is 4.79 Å². The van der Waals surface area contributed by atoms with Crippen LogP contribution in [0, 0.1) is 13.7 Å². The molecule has 0 saturated heterocycles. The van der Waals surface area contributed by atoms with Gasteiger partial charge in [0.05, 0.1) is 11.9 Å². The summed E-state index contributed by atoms with van der Waals surface area (Å²) in [4.78, 5) is 11.8. The maximum Gasteiger partial charge on any atom is 0.404 e. The summed E-state index contributed by atoms with van der Waals surface area (Å²) in [5.41, 5.74) is 2.17. The standard InChI is InChI=1S/C17H20N2O2.Y/c1-14(12-16-9-4-3-5-10-16)18-17(20)21-13-19-11-7-6-8-15(19)2;/h3-11,13-14H,12H2,1-2H3,(H,18,20);/t14-;/m0./s1. The Labute approximate surface area is 156 Å². The van der Waals surface area contributed by atoms with Gasteiger partial charge in [-0.3, -0.25) is 4.57 Å². The van der Waals surface area contributed by atoms with E-state index in [-0.39, 0.29) is 38.8 Å².